The van der Waals surface area contributed by atoms with Crippen LogP contribution < -0.4 is 9.47 Å². The van der Waals surface area contributed by atoms with Crippen LogP contribution in [0.2, 0.25) is 0 Å². The zero-order chi connectivity index (χ0) is 19.4. The first-order valence-corrected chi connectivity index (χ1v) is 9.18. The molecule has 27 heavy (non-hydrogen) atoms. The van der Waals surface area contributed by atoms with Gasteiger partial charge < -0.3 is 19.1 Å². The molecule has 0 saturated carbocycles. The number of carbonyl (C=O) groups excluding carboxylic acids is 3. The molecule has 144 valence electrons. The molecule has 0 bridgehead atoms. The molecule has 3 rings (SSSR count). The maximum Gasteiger partial charge on any atom is 0.294 e. The molecule has 0 aliphatic carbocycles. The van der Waals surface area contributed by atoms with Gasteiger partial charge in [0.2, 0.25) is 5.91 Å². The van der Waals surface area contributed by atoms with E-state index in [9.17, 15) is 14.4 Å². The third kappa shape index (κ3) is 4.25. The van der Waals surface area contributed by atoms with Crippen molar-refractivity contribution in [2.45, 2.75) is 0 Å². The van der Waals surface area contributed by atoms with E-state index in [0.29, 0.717) is 43.4 Å². The van der Waals surface area contributed by atoms with Gasteiger partial charge in [0.1, 0.15) is 18.0 Å². The Labute approximate surface area is 161 Å². The summed E-state index contributed by atoms with van der Waals surface area (Å²) in [5, 5.41) is -0.463. The maximum atomic E-state index is 12.6. The van der Waals surface area contributed by atoms with E-state index >= 15 is 0 Å². The molecular formula is C18H20N2O6S. The lowest BCUT2D eigenvalue weighted by molar-refractivity contribution is -0.139. The quantitative estimate of drug-likeness (QED) is 0.704. The van der Waals surface area contributed by atoms with E-state index in [1.807, 2.05) is 0 Å². The molecule has 0 N–H and O–H groups in total. The topological polar surface area (TPSA) is 85.4 Å². The van der Waals surface area contributed by atoms with E-state index in [1.54, 1.807) is 29.2 Å². The SMILES string of the molecule is COc1ccc(OC)c(/C=C2/SC(=O)N(CC(=O)N3CCOCC3)C2=O)c1. The number of thioether (sulfide) groups is 1. The van der Waals surface area contributed by atoms with Gasteiger partial charge in [-0.25, -0.2) is 0 Å². The van der Waals surface area contributed by atoms with E-state index in [2.05, 4.69) is 0 Å². The van der Waals surface area contributed by atoms with Crippen LogP contribution in [-0.4, -0.2) is 73.9 Å². The number of rotatable bonds is 5. The number of hydrogen-bond donors (Lipinski definition) is 0. The molecule has 3 amide bonds. The van der Waals surface area contributed by atoms with Gasteiger partial charge in [0.15, 0.2) is 0 Å². The number of methoxy groups -OCH3 is 2. The van der Waals surface area contributed by atoms with Crippen molar-refractivity contribution in [1.29, 1.82) is 0 Å². The number of ether oxygens (including phenoxy) is 3. The van der Waals surface area contributed by atoms with E-state index in [4.69, 9.17) is 14.2 Å². The second kappa shape index (κ2) is 8.45. The number of imide groups is 1. The highest BCUT2D eigenvalue weighted by Gasteiger charge is 2.37. The third-order valence-corrected chi connectivity index (χ3v) is 5.16. The summed E-state index contributed by atoms with van der Waals surface area (Å²) in [4.78, 5) is 40.1. The standard InChI is InChI=1S/C18H20N2O6S/c1-24-13-3-4-14(25-2)12(9-13)10-15-17(22)20(18(23)27-15)11-16(21)19-5-7-26-8-6-19/h3-4,9-10H,5-8,11H2,1-2H3/b15-10+. The van der Waals surface area contributed by atoms with Crippen LogP contribution in [0.15, 0.2) is 23.1 Å². The molecule has 2 heterocycles. The van der Waals surface area contributed by atoms with Gasteiger partial charge in [0.05, 0.1) is 32.3 Å². The number of morpholine rings is 1. The van der Waals surface area contributed by atoms with Crippen molar-refractivity contribution in [1.82, 2.24) is 9.80 Å². The molecule has 1 aromatic rings. The monoisotopic (exact) mass is 392 g/mol. The van der Waals surface area contributed by atoms with Crippen LogP contribution in [0.4, 0.5) is 4.79 Å². The second-order valence-electron chi connectivity index (χ2n) is 5.87. The average molecular weight is 392 g/mol. The van der Waals surface area contributed by atoms with Gasteiger partial charge in [-0.1, -0.05) is 0 Å². The van der Waals surface area contributed by atoms with Crippen molar-refractivity contribution in [3.63, 3.8) is 0 Å². The molecule has 8 nitrogen and oxygen atoms in total. The molecule has 2 saturated heterocycles. The molecule has 2 fully saturated rings. The molecule has 0 unspecified atom stereocenters. The third-order valence-electron chi connectivity index (χ3n) is 4.25. The molecule has 9 heteroatoms. The molecule has 0 atom stereocenters. The minimum Gasteiger partial charge on any atom is -0.497 e. The fourth-order valence-electron chi connectivity index (χ4n) is 2.78. The van der Waals surface area contributed by atoms with Crippen LogP contribution in [0.1, 0.15) is 5.56 Å². The molecule has 1 aromatic carbocycles. The minimum absolute atomic E-state index is 0.237. The summed E-state index contributed by atoms with van der Waals surface area (Å²) in [6.07, 6.45) is 1.57. The lowest BCUT2D eigenvalue weighted by Crippen LogP contribution is -2.46. The lowest BCUT2D eigenvalue weighted by Gasteiger charge is -2.28. The van der Waals surface area contributed by atoms with Gasteiger partial charge in [-0.2, -0.15) is 0 Å². The van der Waals surface area contributed by atoms with Gasteiger partial charge in [0.25, 0.3) is 11.1 Å². The zero-order valence-corrected chi connectivity index (χ0v) is 15.9. The molecule has 0 aromatic heterocycles. The Morgan fingerprint density at radius 1 is 1.22 bits per heavy atom. The van der Waals surface area contributed by atoms with Crippen LogP contribution in [0.25, 0.3) is 6.08 Å². The second-order valence-corrected chi connectivity index (χ2v) is 6.86. The summed E-state index contributed by atoms with van der Waals surface area (Å²) < 4.78 is 15.7. The molecule has 2 aliphatic rings. The highest BCUT2D eigenvalue weighted by atomic mass is 32.2. The van der Waals surface area contributed by atoms with Gasteiger partial charge in [-0.05, 0) is 36.0 Å². The maximum absolute atomic E-state index is 12.6. The van der Waals surface area contributed by atoms with Crippen LogP contribution in [-0.2, 0) is 14.3 Å². The summed E-state index contributed by atoms with van der Waals surface area (Å²) in [6, 6.07) is 5.17. The summed E-state index contributed by atoms with van der Waals surface area (Å²) >= 11 is 0.805. The average Bonchev–Trinajstić information content (AvgIpc) is 2.95. The van der Waals surface area contributed by atoms with Crippen molar-refractivity contribution >= 4 is 34.9 Å². The lowest BCUT2D eigenvalue weighted by atomic mass is 10.1. The number of carbonyl (C=O) groups is 3. The van der Waals surface area contributed by atoms with Crippen molar-refractivity contribution in [2.75, 3.05) is 47.1 Å². The van der Waals surface area contributed by atoms with Crippen LogP contribution >= 0.6 is 11.8 Å². The van der Waals surface area contributed by atoms with Crippen molar-refractivity contribution in [3.05, 3.63) is 28.7 Å². The number of hydrogen-bond acceptors (Lipinski definition) is 7. The Kier molecular flexibility index (Phi) is 6.02. The first-order chi connectivity index (χ1) is 13.0. The fourth-order valence-corrected chi connectivity index (χ4v) is 3.61. The van der Waals surface area contributed by atoms with Gasteiger partial charge in [-0.3, -0.25) is 19.3 Å². The Bertz CT molecular complexity index is 788. The van der Waals surface area contributed by atoms with E-state index in [-0.39, 0.29) is 17.4 Å². The van der Waals surface area contributed by atoms with E-state index in [1.165, 1.54) is 14.2 Å². The molecule has 0 spiro atoms. The Morgan fingerprint density at radius 3 is 2.63 bits per heavy atom. The van der Waals surface area contributed by atoms with E-state index < -0.39 is 11.1 Å². The summed E-state index contributed by atoms with van der Waals surface area (Å²) in [5.74, 6) is 0.396. The predicted octanol–water partition coefficient (Wildman–Crippen LogP) is 1.60. The fraction of sp³-hybridized carbons (Fsp3) is 0.389. The van der Waals surface area contributed by atoms with Crippen LogP contribution in [0.3, 0.4) is 0 Å². The largest absolute Gasteiger partial charge is 0.497 e. The van der Waals surface area contributed by atoms with Crippen molar-refractivity contribution in [2.24, 2.45) is 0 Å². The van der Waals surface area contributed by atoms with E-state index in [0.717, 1.165) is 16.7 Å². The van der Waals surface area contributed by atoms with Crippen LogP contribution in [0, 0.1) is 0 Å². The van der Waals surface area contributed by atoms with Gasteiger partial charge in [-0.15, -0.1) is 0 Å². The molecule has 2 aliphatic heterocycles. The Morgan fingerprint density at radius 2 is 1.96 bits per heavy atom. The molecular weight excluding hydrogens is 372 g/mol. The highest BCUT2D eigenvalue weighted by molar-refractivity contribution is 8.18. The highest BCUT2D eigenvalue weighted by Crippen LogP contribution is 2.35. The number of amides is 3. The van der Waals surface area contributed by atoms with Crippen molar-refractivity contribution < 1.29 is 28.6 Å². The first kappa shape index (κ1) is 19.2. The summed E-state index contributed by atoms with van der Waals surface area (Å²) in [7, 11) is 3.06. The normalized spacial score (nSPS) is 19.0. The van der Waals surface area contributed by atoms with Gasteiger partial charge >= 0.3 is 0 Å². The Hall–Kier alpha value is -2.52. The Balaban J connectivity index is 1.77. The predicted molar refractivity (Wildman–Crippen MR) is 99.6 cm³/mol. The summed E-state index contributed by atoms with van der Waals surface area (Å²) in [6.45, 7) is 1.58. The van der Waals surface area contributed by atoms with Crippen LogP contribution in [0.5, 0.6) is 11.5 Å². The van der Waals surface area contributed by atoms with Gasteiger partial charge in [0, 0.05) is 18.7 Å². The number of benzene rings is 1. The summed E-state index contributed by atoms with van der Waals surface area (Å²) in [5.41, 5.74) is 0.613. The first-order valence-electron chi connectivity index (χ1n) is 8.36. The smallest absolute Gasteiger partial charge is 0.294 e. The minimum atomic E-state index is -0.489. The molecule has 0 radical (unpaired) electrons. The number of nitrogens with zero attached hydrogens (tertiary/aromatic N) is 2. The zero-order valence-electron chi connectivity index (χ0n) is 15.1. The van der Waals surface area contributed by atoms with Crippen molar-refractivity contribution in [3.8, 4) is 11.5 Å².